The van der Waals surface area contributed by atoms with Gasteiger partial charge in [0, 0.05) is 0 Å². The maximum absolute atomic E-state index is 11.6. The predicted octanol–water partition coefficient (Wildman–Crippen LogP) is 1.94. The Morgan fingerprint density at radius 3 is 2.23 bits per heavy atom. The highest BCUT2D eigenvalue weighted by Crippen LogP contribution is 2.22. The highest BCUT2D eigenvalue weighted by Gasteiger charge is 2.34. The minimum absolute atomic E-state index is 0. The molecule has 0 unspecified atom stereocenters. The Bertz CT molecular complexity index is 218. The zero-order valence-electron chi connectivity index (χ0n) is 7.05. The molecule has 0 saturated heterocycles. The van der Waals surface area contributed by atoms with Gasteiger partial charge in [-0.15, -0.1) is 0 Å². The normalized spacial score (nSPS) is 13.2. The summed E-state index contributed by atoms with van der Waals surface area (Å²) in [5.74, 6) is -3.18. The molecule has 0 saturated carbocycles. The van der Waals surface area contributed by atoms with Gasteiger partial charge in [0.2, 0.25) is 5.76 Å². The van der Waals surface area contributed by atoms with Gasteiger partial charge < -0.3 is 9.84 Å². The molecule has 1 N–H and O–H groups in total. The summed E-state index contributed by atoms with van der Waals surface area (Å²) in [4.78, 5) is 10.6. The van der Waals surface area contributed by atoms with E-state index in [1.165, 1.54) is 13.8 Å². The van der Waals surface area contributed by atoms with Crippen LogP contribution in [0.3, 0.4) is 0 Å². The largest absolute Gasteiger partial charge is 0.504 e. The summed E-state index contributed by atoms with van der Waals surface area (Å²) in [6, 6.07) is 0. The van der Waals surface area contributed by atoms with Crippen molar-refractivity contribution in [3.05, 3.63) is 11.8 Å². The van der Waals surface area contributed by atoms with E-state index in [1.807, 2.05) is 0 Å². The minimum atomic E-state index is -4.91. The second kappa shape index (κ2) is 4.15. The Hall–Kier alpha value is -1.20. The number of hydrogen-bond donors (Lipinski definition) is 1. The van der Waals surface area contributed by atoms with E-state index in [9.17, 15) is 18.0 Å². The second-order valence-corrected chi connectivity index (χ2v) is 2.51. The molecule has 0 aliphatic heterocycles. The van der Waals surface area contributed by atoms with Crippen molar-refractivity contribution in [1.29, 1.82) is 0 Å². The van der Waals surface area contributed by atoms with Crippen molar-refractivity contribution >= 4 is 5.97 Å². The van der Waals surface area contributed by atoms with Crippen molar-refractivity contribution < 1.29 is 27.8 Å². The molecule has 0 rings (SSSR count). The molecule has 0 bridgehead atoms. The molecular weight excluding hydrogens is 189 g/mol. The zero-order chi connectivity index (χ0) is 10.6. The third-order valence-corrected chi connectivity index (χ3v) is 0.897. The van der Waals surface area contributed by atoms with Crippen LogP contribution in [0.5, 0.6) is 0 Å². The van der Waals surface area contributed by atoms with Crippen LogP contribution in [0, 0.1) is 0 Å². The molecule has 6 heteroatoms. The average Bonchev–Trinajstić information content (AvgIpc) is 1.82. The van der Waals surface area contributed by atoms with E-state index in [2.05, 4.69) is 4.74 Å². The van der Waals surface area contributed by atoms with Crippen LogP contribution >= 0.6 is 0 Å². The number of allylic oxidation sites excluding steroid dienone is 1. The third-order valence-electron chi connectivity index (χ3n) is 0.897. The lowest BCUT2D eigenvalue weighted by atomic mass is 10.4. The smallest absolute Gasteiger partial charge is 0.448 e. The summed E-state index contributed by atoms with van der Waals surface area (Å²) < 4.78 is 39.2. The molecule has 0 atom stereocenters. The van der Waals surface area contributed by atoms with Gasteiger partial charge in [-0.1, -0.05) is 0 Å². The number of aliphatic hydroxyl groups is 1. The Kier molecular flexibility index (Phi) is 3.77. The first-order chi connectivity index (χ1) is 5.73. The highest BCUT2D eigenvalue weighted by molar-refractivity contribution is 5.82. The molecule has 0 radical (unpaired) electrons. The van der Waals surface area contributed by atoms with Gasteiger partial charge >= 0.3 is 12.1 Å². The van der Waals surface area contributed by atoms with Gasteiger partial charge in [-0.2, -0.15) is 13.2 Å². The second-order valence-electron chi connectivity index (χ2n) is 2.51. The summed E-state index contributed by atoms with van der Waals surface area (Å²) in [6.45, 7) is 2.97. The highest BCUT2D eigenvalue weighted by atomic mass is 19.4. The lowest BCUT2D eigenvalue weighted by Gasteiger charge is -2.06. The Morgan fingerprint density at radius 2 is 1.92 bits per heavy atom. The van der Waals surface area contributed by atoms with Crippen LogP contribution in [0.4, 0.5) is 13.2 Å². The standard InChI is InChI=1S/C7H9F3O3/c1-4(2)13-6(12)3-5(11)7(8,9)10/h3-4,11H,1-2H3/b5-3-. The van der Waals surface area contributed by atoms with Gasteiger partial charge in [-0.3, -0.25) is 0 Å². The lowest BCUT2D eigenvalue weighted by molar-refractivity contribution is -0.144. The minimum Gasteiger partial charge on any atom is -0.504 e. The molecule has 0 aliphatic rings. The van der Waals surface area contributed by atoms with E-state index >= 15 is 0 Å². The summed E-state index contributed by atoms with van der Waals surface area (Å²) in [7, 11) is 0. The Labute approximate surface area is 72.8 Å². The van der Waals surface area contributed by atoms with Gasteiger partial charge in [0.25, 0.3) is 0 Å². The fourth-order valence-corrected chi connectivity index (χ4v) is 0.460. The molecule has 0 aromatic heterocycles. The molecular formula is C7H9F3O3. The Balaban J connectivity index is 4.32. The van der Waals surface area contributed by atoms with Crippen molar-refractivity contribution in [2.75, 3.05) is 0 Å². The number of ether oxygens (including phenoxy) is 1. The van der Waals surface area contributed by atoms with Crippen molar-refractivity contribution in [1.82, 2.24) is 0 Å². The topological polar surface area (TPSA) is 46.5 Å². The van der Waals surface area contributed by atoms with E-state index in [0.717, 1.165) is 0 Å². The molecule has 0 aromatic rings. The van der Waals surface area contributed by atoms with Crippen LogP contribution in [0.2, 0.25) is 0 Å². The van der Waals surface area contributed by atoms with Gasteiger partial charge in [0.05, 0.1) is 12.2 Å². The number of aliphatic hydroxyl groups excluding tert-OH is 1. The molecule has 0 aliphatic carbocycles. The number of halogens is 3. The molecule has 0 fully saturated rings. The number of rotatable bonds is 2. The number of carbonyl (C=O) groups is 1. The van der Waals surface area contributed by atoms with E-state index < -0.39 is 24.0 Å². The first kappa shape index (κ1) is 11.8. The number of hydrogen-bond acceptors (Lipinski definition) is 3. The van der Waals surface area contributed by atoms with Gasteiger partial charge in [0.1, 0.15) is 0 Å². The van der Waals surface area contributed by atoms with E-state index in [1.54, 1.807) is 0 Å². The first-order valence-corrected chi connectivity index (χ1v) is 3.42. The lowest BCUT2D eigenvalue weighted by Crippen LogP contribution is -2.15. The molecule has 3 nitrogen and oxygen atoms in total. The van der Waals surface area contributed by atoms with Crippen LogP contribution in [0.25, 0.3) is 0 Å². The summed E-state index contributed by atoms with van der Waals surface area (Å²) in [5.41, 5.74) is 0. The average molecular weight is 198 g/mol. The molecule has 0 amide bonds. The SMILES string of the molecule is CC(C)OC(=O)/C=C(\O)C(F)(F)F. The molecule has 0 heterocycles. The van der Waals surface area contributed by atoms with Gasteiger partial charge in [0.15, 0.2) is 0 Å². The van der Waals surface area contributed by atoms with Crippen LogP contribution in [0.15, 0.2) is 11.8 Å². The van der Waals surface area contributed by atoms with Crippen LogP contribution in [-0.2, 0) is 9.53 Å². The molecule has 0 aromatic carbocycles. The number of esters is 1. The van der Waals surface area contributed by atoms with E-state index in [-0.39, 0.29) is 6.08 Å². The zero-order valence-corrected chi connectivity index (χ0v) is 7.05. The van der Waals surface area contributed by atoms with Crippen LogP contribution in [0.1, 0.15) is 13.8 Å². The van der Waals surface area contributed by atoms with Crippen molar-refractivity contribution in [2.45, 2.75) is 26.1 Å². The monoisotopic (exact) mass is 198 g/mol. The first-order valence-electron chi connectivity index (χ1n) is 3.42. The maximum Gasteiger partial charge on any atom is 0.448 e. The number of carbonyl (C=O) groups excluding carboxylic acids is 1. The molecule has 13 heavy (non-hydrogen) atoms. The fourth-order valence-electron chi connectivity index (χ4n) is 0.460. The fraction of sp³-hybridized carbons (Fsp3) is 0.571. The predicted molar refractivity (Wildman–Crippen MR) is 38.0 cm³/mol. The maximum atomic E-state index is 11.6. The molecule has 76 valence electrons. The number of alkyl halides is 3. The van der Waals surface area contributed by atoms with Gasteiger partial charge in [-0.25, -0.2) is 4.79 Å². The van der Waals surface area contributed by atoms with E-state index in [0.29, 0.717) is 0 Å². The quantitative estimate of drug-likeness (QED) is 0.419. The van der Waals surface area contributed by atoms with Crippen LogP contribution < -0.4 is 0 Å². The van der Waals surface area contributed by atoms with Gasteiger partial charge in [-0.05, 0) is 13.8 Å². The van der Waals surface area contributed by atoms with Crippen LogP contribution in [-0.4, -0.2) is 23.4 Å². The van der Waals surface area contributed by atoms with Crippen molar-refractivity contribution in [3.63, 3.8) is 0 Å². The molecule has 0 spiro atoms. The summed E-state index contributed by atoms with van der Waals surface area (Å²) in [6.07, 6.45) is -5.43. The summed E-state index contributed by atoms with van der Waals surface area (Å²) >= 11 is 0. The Morgan fingerprint density at radius 1 is 1.46 bits per heavy atom. The summed E-state index contributed by atoms with van der Waals surface area (Å²) in [5, 5.41) is 8.30. The third kappa shape index (κ3) is 5.10. The van der Waals surface area contributed by atoms with Crippen molar-refractivity contribution in [3.8, 4) is 0 Å². The van der Waals surface area contributed by atoms with Crippen molar-refractivity contribution in [2.24, 2.45) is 0 Å². The van der Waals surface area contributed by atoms with E-state index in [4.69, 9.17) is 5.11 Å².